The molecule has 1 N–H and O–H groups in total. The summed E-state index contributed by atoms with van der Waals surface area (Å²) in [6, 6.07) is 2.06. The van der Waals surface area contributed by atoms with Crippen LogP contribution in [0.1, 0.15) is 38.3 Å². The van der Waals surface area contributed by atoms with E-state index in [0.717, 1.165) is 24.6 Å². The van der Waals surface area contributed by atoms with Gasteiger partial charge in [0.25, 0.3) is 0 Å². The Kier molecular flexibility index (Phi) is 4.73. The summed E-state index contributed by atoms with van der Waals surface area (Å²) in [7, 11) is 0. The summed E-state index contributed by atoms with van der Waals surface area (Å²) in [6.45, 7) is 3.77. The molecular formula is C16H17F2N5O2. The molecule has 0 spiro atoms. The third kappa shape index (κ3) is 3.09. The molecule has 0 unspecified atom stereocenters. The van der Waals surface area contributed by atoms with E-state index in [4.69, 9.17) is 4.74 Å². The van der Waals surface area contributed by atoms with Gasteiger partial charge in [-0.2, -0.15) is 4.68 Å². The van der Waals surface area contributed by atoms with Gasteiger partial charge in [0.15, 0.2) is 0 Å². The van der Waals surface area contributed by atoms with Crippen LogP contribution in [0.15, 0.2) is 29.5 Å². The van der Waals surface area contributed by atoms with Gasteiger partial charge in [0.1, 0.15) is 17.7 Å². The molecule has 25 heavy (non-hydrogen) atoms. The summed E-state index contributed by atoms with van der Waals surface area (Å²) in [5.74, 6) is -1.64. The SMILES string of the molecule is CCCC1=C(C(=O)OCC)[C@H](c2cc(F)ccc2F)n2nnnc2N1. The lowest BCUT2D eigenvalue weighted by atomic mass is 9.93. The van der Waals surface area contributed by atoms with E-state index in [-0.39, 0.29) is 23.7 Å². The summed E-state index contributed by atoms with van der Waals surface area (Å²) in [6.07, 6.45) is 1.24. The monoisotopic (exact) mass is 349 g/mol. The predicted molar refractivity (Wildman–Crippen MR) is 84.5 cm³/mol. The smallest absolute Gasteiger partial charge is 0.338 e. The molecule has 9 heteroatoms. The fourth-order valence-electron chi connectivity index (χ4n) is 2.84. The number of ether oxygens (including phenoxy) is 1. The number of allylic oxidation sites excluding steroid dienone is 1. The van der Waals surface area contributed by atoms with Gasteiger partial charge in [-0.05, 0) is 42.0 Å². The van der Waals surface area contributed by atoms with Crippen molar-refractivity contribution in [1.29, 1.82) is 0 Å². The van der Waals surface area contributed by atoms with Gasteiger partial charge in [0.05, 0.1) is 12.2 Å². The van der Waals surface area contributed by atoms with Crippen molar-refractivity contribution in [1.82, 2.24) is 20.2 Å². The van der Waals surface area contributed by atoms with Crippen LogP contribution in [0.25, 0.3) is 0 Å². The number of hydrogen-bond donors (Lipinski definition) is 1. The van der Waals surface area contributed by atoms with E-state index in [2.05, 4.69) is 20.8 Å². The largest absolute Gasteiger partial charge is 0.463 e. The van der Waals surface area contributed by atoms with Crippen molar-refractivity contribution >= 4 is 11.9 Å². The highest BCUT2D eigenvalue weighted by atomic mass is 19.1. The van der Waals surface area contributed by atoms with Crippen LogP contribution in [-0.4, -0.2) is 32.8 Å². The van der Waals surface area contributed by atoms with Gasteiger partial charge in [0.2, 0.25) is 5.95 Å². The van der Waals surface area contributed by atoms with Crippen molar-refractivity contribution in [2.45, 2.75) is 32.7 Å². The average Bonchev–Trinajstić information content (AvgIpc) is 3.04. The second kappa shape index (κ2) is 6.96. The van der Waals surface area contributed by atoms with E-state index < -0.39 is 23.6 Å². The number of rotatable bonds is 5. The number of nitrogens with one attached hydrogen (secondary N) is 1. The molecule has 0 aliphatic carbocycles. The Morgan fingerprint density at radius 3 is 2.88 bits per heavy atom. The number of anilines is 1. The number of hydrogen-bond acceptors (Lipinski definition) is 6. The Hall–Kier alpha value is -2.84. The van der Waals surface area contributed by atoms with Gasteiger partial charge in [-0.1, -0.05) is 18.4 Å². The molecule has 0 saturated carbocycles. The highest BCUT2D eigenvalue weighted by molar-refractivity contribution is 5.92. The molecule has 3 rings (SSSR count). The minimum absolute atomic E-state index is 0.0355. The molecule has 1 aliphatic rings. The van der Waals surface area contributed by atoms with Gasteiger partial charge in [0, 0.05) is 11.3 Å². The molecule has 2 aromatic rings. The molecule has 2 heterocycles. The van der Waals surface area contributed by atoms with Crippen molar-refractivity contribution in [2.75, 3.05) is 11.9 Å². The van der Waals surface area contributed by atoms with Gasteiger partial charge in [-0.15, -0.1) is 0 Å². The van der Waals surface area contributed by atoms with Gasteiger partial charge < -0.3 is 10.1 Å². The van der Waals surface area contributed by atoms with Crippen molar-refractivity contribution in [2.24, 2.45) is 0 Å². The summed E-state index contributed by atoms with van der Waals surface area (Å²) in [5.41, 5.74) is 0.677. The molecule has 1 aromatic heterocycles. The first kappa shape index (κ1) is 17.0. The Labute approximate surface area is 142 Å². The first-order valence-electron chi connectivity index (χ1n) is 7.96. The number of tetrazole rings is 1. The molecule has 132 valence electrons. The Morgan fingerprint density at radius 1 is 1.36 bits per heavy atom. The number of carbonyl (C=O) groups excluding carboxylic acids is 1. The number of halogens is 2. The first-order chi connectivity index (χ1) is 12.1. The molecule has 0 bridgehead atoms. The zero-order chi connectivity index (χ0) is 18.0. The highest BCUT2D eigenvalue weighted by Crippen LogP contribution is 2.37. The fraction of sp³-hybridized carbons (Fsp3) is 0.375. The van der Waals surface area contributed by atoms with Crippen LogP contribution in [0, 0.1) is 11.6 Å². The molecule has 0 radical (unpaired) electrons. The zero-order valence-corrected chi connectivity index (χ0v) is 13.8. The number of nitrogens with zero attached hydrogens (tertiary/aromatic N) is 4. The zero-order valence-electron chi connectivity index (χ0n) is 13.8. The quantitative estimate of drug-likeness (QED) is 0.836. The van der Waals surface area contributed by atoms with Crippen LogP contribution in [-0.2, 0) is 9.53 Å². The van der Waals surface area contributed by atoms with Crippen LogP contribution in [0.3, 0.4) is 0 Å². The average molecular weight is 349 g/mol. The van der Waals surface area contributed by atoms with Crippen LogP contribution < -0.4 is 5.32 Å². The lowest BCUT2D eigenvalue weighted by Crippen LogP contribution is -2.31. The van der Waals surface area contributed by atoms with E-state index >= 15 is 0 Å². The van der Waals surface area contributed by atoms with E-state index in [1.54, 1.807) is 6.92 Å². The third-order valence-electron chi connectivity index (χ3n) is 3.85. The Bertz CT molecular complexity index is 834. The highest BCUT2D eigenvalue weighted by Gasteiger charge is 2.37. The maximum Gasteiger partial charge on any atom is 0.338 e. The lowest BCUT2D eigenvalue weighted by Gasteiger charge is -2.28. The lowest BCUT2D eigenvalue weighted by molar-refractivity contribution is -0.139. The van der Waals surface area contributed by atoms with Gasteiger partial charge in [-0.25, -0.2) is 13.6 Å². The number of esters is 1. The van der Waals surface area contributed by atoms with Crippen molar-refractivity contribution in [3.8, 4) is 0 Å². The topological polar surface area (TPSA) is 81.9 Å². The standard InChI is InChI=1S/C16H17F2N5O2/c1-3-5-12-13(15(24)25-4-2)14(23-16(19-12)20-21-22-23)10-8-9(17)6-7-11(10)18/h6-8,14H,3-5H2,1-2H3,(H,19,20,22)/t14-/m0/s1. The number of carbonyl (C=O) groups is 1. The van der Waals surface area contributed by atoms with Crippen LogP contribution >= 0.6 is 0 Å². The number of benzene rings is 1. The Balaban J connectivity index is 2.22. The van der Waals surface area contributed by atoms with Crippen molar-refractivity contribution in [3.63, 3.8) is 0 Å². The number of fused-ring (bicyclic) bond motifs is 1. The Morgan fingerprint density at radius 2 is 2.16 bits per heavy atom. The van der Waals surface area contributed by atoms with Crippen LogP contribution in [0.2, 0.25) is 0 Å². The molecule has 0 amide bonds. The van der Waals surface area contributed by atoms with Gasteiger partial charge in [-0.3, -0.25) is 0 Å². The predicted octanol–water partition coefficient (Wildman–Crippen LogP) is 2.58. The molecule has 0 fully saturated rings. The first-order valence-corrected chi connectivity index (χ1v) is 7.96. The van der Waals surface area contributed by atoms with Gasteiger partial charge >= 0.3 is 5.97 Å². The van der Waals surface area contributed by atoms with E-state index in [9.17, 15) is 13.6 Å². The normalized spacial score (nSPS) is 16.4. The molecule has 7 nitrogen and oxygen atoms in total. The minimum atomic E-state index is -1.01. The molecule has 1 aromatic carbocycles. The van der Waals surface area contributed by atoms with E-state index in [1.807, 2.05) is 6.92 Å². The van der Waals surface area contributed by atoms with Crippen molar-refractivity contribution < 1.29 is 18.3 Å². The number of aromatic nitrogens is 4. The third-order valence-corrected chi connectivity index (χ3v) is 3.85. The summed E-state index contributed by atoms with van der Waals surface area (Å²) in [5, 5.41) is 14.2. The summed E-state index contributed by atoms with van der Waals surface area (Å²) >= 11 is 0. The molecular weight excluding hydrogens is 332 g/mol. The molecule has 1 aliphatic heterocycles. The van der Waals surface area contributed by atoms with Crippen LogP contribution in [0.5, 0.6) is 0 Å². The maximum absolute atomic E-state index is 14.4. The van der Waals surface area contributed by atoms with Crippen LogP contribution in [0.4, 0.5) is 14.7 Å². The second-order valence-electron chi connectivity index (χ2n) is 5.50. The van der Waals surface area contributed by atoms with E-state index in [1.165, 1.54) is 4.68 Å². The van der Waals surface area contributed by atoms with Crippen molar-refractivity contribution in [3.05, 3.63) is 46.7 Å². The molecule has 1 atom stereocenters. The minimum Gasteiger partial charge on any atom is -0.463 e. The van der Waals surface area contributed by atoms with E-state index in [0.29, 0.717) is 12.1 Å². The second-order valence-corrected chi connectivity index (χ2v) is 5.50. The summed E-state index contributed by atoms with van der Waals surface area (Å²) < 4.78 is 34.6. The maximum atomic E-state index is 14.4. The summed E-state index contributed by atoms with van der Waals surface area (Å²) in [4.78, 5) is 12.6. The fourth-order valence-corrected chi connectivity index (χ4v) is 2.84. The molecule has 0 saturated heterocycles.